The number of nitrogens with zero attached hydrogens (tertiary/aromatic N) is 5. The van der Waals surface area contributed by atoms with Crippen molar-refractivity contribution in [1.82, 2.24) is 19.6 Å². The van der Waals surface area contributed by atoms with E-state index < -0.39 is 10.9 Å². The molecule has 0 radical (unpaired) electrons. The van der Waals surface area contributed by atoms with Gasteiger partial charge < -0.3 is 4.74 Å². The van der Waals surface area contributed by atoms with Crippen molar-refractivity contribution in [3.8, 4) is 11.3 Å². The van der Waals surface area contributed by atoms with Gasteiger partial charge in [-0.25, -0.2) is 14.3 Å². The van der Waals surface area contributed by atoms with Gasteiger partial charge in [-0.1, -0.05) is 0 Å². The second-order valence-electron chi connectivity index (χ2n) is 4.51. The van der Waals surface area contributed by atoms with Crippen LogP contribution in [0.25, 0.3) is 16.8 Å². The third-order valence-electron chi connectivity index (χ3n) is 3.17. The highest BCUT2D eigenvalue weighted by Gasteiger charge is 2.28. The summed E-state index contributed by atoms with van der Waals surface area (Å²) in [6.45, 7) is 1.86. The molecule has 116 valence electrons. The van der Waals surface area contributed by atoms with E-state index in [4.69, 9.17) is 4.74 Å². The Hall–Kier alpha value is -3.36. The van der Waals surface area contributed by atoms with E-state index in [9.17, 15) is 14.9 Å². The second-order valence-corrected chi connectivity index (χ2v) is 4.51. The minimum atomic E-state index is -0.611. The van der Waals surface area contributed by atoms with Crippen molar-refractivity contribution in [2.75, 3.05) is 6.61 Å². The van der Waals surface area contributed by atoms with E-state index in [2.05, 4.69) is 15.1 Å². The van der Waals surface area contributed by atoms with Gasteiger partial charge >= 0.3 is 11.7 Å². The number of hydrogen-bond donors (Lipinski definition) is 0. The summed E-state index contributed by atoms with van der Waals surface area (Å²) in [6, 6.07) is 2.98. The highest BCUT2D eigenvalue weighted by molar-refractivity contribution is 5.98. The molecule has 0 spiro atoms. The Morgan fingerprint density at radius 2 is 2.13 bits per heavy atom. The number of fused-ring (bicyclic) bond motifs is 1. The predicted molar refractivity (Wildman–Crippen MR) is 78.8 cm³/mol. The molecule has 3 heterocycles. The highest BCUT2D eigenvalue weighted by atomic mass is 16.6. The Morgan fingerprint density at radius 1 is 1.35 bits per heavy atom. The van der Waals surface area contributed by atoms with Crippen LogP contribution >= 0.6 is 0 Å². The van der Waals surface area contributed by atoms with E-state index in [1.54, 1.807) is 6.92 Å². The number of ether oxygens (including phenoxy) is 1. The van der Waals surface area contributed by atoms with Crippen LogP contribution < -0.4 is 0 Å². The first-order chi connectivity index (χ1) is 11.1. The fourth-order valence-corrected chi connectivity index (χ4v) is 2.23. The summed E-state index contributed by atoms with van der Waals surface area (Å²) >= 11 is 0. The lowest BCUT2D eigenvalue weighted by atomic mass is 10.1. The average Bonchev–Trinajstić information content (AvgIpc) is 2.94. The molecule has 0 bridgehead atoms. The van der Waals surface area contributed by atoms with Crippen LogP contribution in [-0.2, 0) is 4.74 Å². The minimum Gasteiger partial charge on any atom is -0.462 e. The summed E-state index contributed by atoms with van der Waals surface area (Å²) in [5.41, 5.74) is 0.548. The zero-order valence-corrected chi connectivity index (χ0v) is 12.0. The monoisotopic (exact) mass is 313 g/mol. The summed E-state index contributed by atoms with van der Waals surface area (Å²) < 4.78 is 6.26. The molecule has 0 unspecified atom stereocenters. The molecule has 0 N–H and O–H groups in total. The van der Waals surface area contributed by atoms with Gasteiger partial charge in [0.25, 0.3) is 0 Å². The maximum absolute atomic E-state index is 12.1. The lowest BCUT2D eigenvalue weighted by molar-refractivity contribution is -0.382. The number of nitro groups is 1. The maximum atomic E-state index is 12.1. The van der Waals surface area contributed by atoms with Crippen molar-refractivity contribution in [1.29, 1.82) is 0 Å². The molecule has 0 aliphatic rings. The molecular weight excluding hydrogens is 302 g/mol. The van der Waals surface area contributed by atoms with Crippen LogP contribution in [0.15, 0.2) is 37.1 Å². The van der Waals surface area contributed by atoms with Crippen LogP contribution in [0.4, 0.5) is 5.69 Å². The molecule has 0 aromatic carbocycles. The molecule has 3 rings (SSSR count). The van der Waals surface area contributed by atoms with Crippen molar-refractivity contribution in [3.63, 3.8) is 0 Å². The van der Waals surface area contributed by atoms with Gasteiger partial charge in [0.15, 0.2) is 5.69 Å². The van der Waals surface area contributed by atoms with E-state index in [-0.39, 0.29) is 34.6 Å². The first-order valence-electron chi connectivity index (χ1n) is 6.71. The third-order valence-corrected chi connectivity index (χ3v) is 3.17. The fourth-order valence-electron chi connectivity index (χ4n) is 2.23. The average molecular weight is 313 g/mol. The molecule has 0 saturated heterocycles. The molecular formula is C14H11N5O4. The molecule has 0 saturated carbocycles. The second kappa shape index (κ2) is 5.79. The number of pyridine rings is 1. The van der Waals surface area contributed by atoms with E-state index in [1.165, 1.54) is 41.6 Å². The van der Waals surface area contributed by atoms with E-state index in [0.29, 0.717) is 0 Å². The third kappa shape index (κ3) is 2.48. The van der Waals surface area contributed by atoms with Gasteiger partial charge in [-0.05, 0) is 19.1 Å². The topological polar surface area (TPSA) is 113 Å². The Bertz CT molecular complexity index is 905. The molecule has 3 aromatic heterocycles. The van der Waals surface area contributed by atoms with Crippen molar-refractivity contribution in [2.45, 2.75) is 6.92 Å². The highest BCUT2D eigenvalue weighted by Crippen LogP contribution is 2.34. The van der Waals surface area contributed by atoms with E-state index in [0.717, 1.165) is 0 Å². The van der Waals surface area contributed by atoms with Gasteiger partial charge in [0, 0.05) is 24.2 Å². The Balaban J connectivity index is 2.28. The molecule has 9 nitrogen and oxygen atoms in total. The molecule has 9 heteroatoms. The SMILES string of the molecule is CCOC(=O)c1cnccc1-c1nn2cnccc2c1[N+](=O)[O-]. The summed E-state index contributed by atoms with van der Waals surface area (Å²) in [5.74, 6) is -0.611. The van der Waals surface area contributed by atoms with Crippen molar-refractivity contribution < 1.29 is 14.5 Å². The number of rotatable bonds is 4. The normalized spacial score (nSPS) is 10.7. The van der Waals surface area contributed by atoms with E-state index >= 15 is 0 Å². The largest absolute Gasteiger partial charge is 0.462 e. The van der Waals surface area contributed by atoms with Crippen LogP contribution in [0, 0.1) is 10.1 Å². The van der Waals surface area contributed by atoms with Gasteiger partial charge in [0.2, 0.25) is 0 Å². The van der Waals surface area contributed by atoms with Gasteiger partial charge in [0.1, 0.15) is 11.8 Å². The summed E-state index contributed by atoms with van der Waals surface area (Å²) in [6.07, 6.45) is 5.53. The van der Waals surface area contributed by atoms with Gasteiger partial charge in [-0.15, -0.1) is 0 Å². The van der Waals surface area contributed by atoms with Crippen molar-refractivity contribution in [2.24, 2.45) is 0 Å². The summed E-state index contributed by atoms with van der Waals surface area (Å²) in [5, 5.41) is 15.7. The van der Waals surface area contributed by atoms with Crippen LogP contribution in [0.5, 0.6) is 0 Å². The van der Waals surface area contributed by atoms with Crippen LogP contribution in [0.3, 0.4) is 0 Å². The predicted octanol–water partition coefficient (Wildman–Crippen LogP) is 1.88. The number of aromatic nitrogens is 4. The lowest BCUT2D eigenvalue weighted by Gasteiger charge is -2.05. The zero-order valence-electron chi connectivity index (χ0n) is 12.0. The molecule has 3 aromatic rings. The number of hydrogen-bond acceptors (Lipinski definition) is 7. The van der Waals surface area contributed by atoms with Crippen molar-refractivity contribution >= 4 is 17.2 Å². The Kier molecular flexibility index (Phi) is 3.67. The van der Waals surface area contributed by atoms with Crippen LogP contribution in [-0.4, -0.2) is 37.1 Å². The minimum absolute atomic E-state index is 0.0634. The summed E-state index contributed by atoms with van der Waals surface area (Å²) in [4.78, 5) is 30.8. The maximum Gasteiger partial charge on any atom is 0.340 e. The molecule has 0 fully saturated rings. The fraction of sp³-hybridized carbons (Fsp3) is 0.143. The van der Waals surface area contributed by atoms with Crippen LogP contribution in [0.2, 0.25) is 0 Å². The molecule has 0 atom stereocenters. The van der Waals surface area contributed by atoms with Crippen molar-refractivity contribution in [3.05, 3.63) is 52.7 Å². The van der Waals surface area contributed by atoms with Crippen LogP contribution in [0.1, 0.15) is 17.3 Å². The number of carbonyl (C=O) groups excluding carboxylic acids is 1. The van der Waals surface area contributed by atoms with Gasteiger partial charge in [-0.3, -0.25) is 15.1 Å². The quantitative estimate of drug-likeness (QED) is 0.410. The number of carbonyl (C=O) groups is 1. The Labute approximate surface area is 129 Å². The first kappa shape index (κ1) is 14.6. The Morgan fingerprint density at radius 3 is 2.87 bits per heavy atom. The smallest absolute Gasteiger partial charge is 0.340 e. The van der Waals surface area contributed by atoms with Gasteiger partial charge in [0.05, 0.1) is 17.1 Å². The first-order valence-corrected chi connectivity index (χ1v) is 6.71. The molecule has 23 heavy (non-hydrogen) atoms. The van der Waals surface area contributed by atoms with E-state index in [1.807, 2.05) is 0 Å². The lowest BCUT2D eigenvalue weighted by Crippen LogP contribution is -2.07. The zero-order chi connectivity index (χ0) is 16.4. The standard InChI is InChI=1S/C14H11N5O4/c1-2-23-14(20)10-7-15-5-3-9(10)12-13(19(21)22)11-4-6-16-8-18(11)17-12/h3-8H,2H2,1H3. The number of esters is 1. The molecule has 0 aliphatic carbocycles. The van der Waals surface area contributed by atoms with Gasteiger partial charge in [-0.2, -0.15) is 5.10 Å². The molecule has 0 aliphatic heterocycles. The summed E-state index contributed by atoms with van der Waals surface area (Å²) in [7, 11) is 0. The molecule has 0 amide bonds.